The van der Waals surface area contributed by atoms with E-state index in [0.717, 1.165) is 11.3 Å². The van der Waals surface area contributed by atoms with E-state index in [1.807, 2.05) is 26.0 Å². The number of nitrogens with zero attached hydrogens (tertiary/aromatic N) is 2. The molecule has 0 saturated carbocycles. The Bertz CT molecular complexity index is 957. The lowest BCUT2D eigenvalue weighted by Crippen LogP contribution is -2.44. The van der Waals surface area contributed by atoms with Crippen molar-refractivity contribution in [2.24, 2.45) is 0 Å². The van der Waals surface area contributed by atoms with Crippen LogP contribution < -0.4 is 4.74 Å². The van der Waals surface area contributed by atoms with Crippen molar-refractivity contribution in [1.29, 1.82) is 0 Å². The van der Waals surface area contributed by atoms with Crippen molar-refractivity contribution in [2.45, 2.75) is 38.8 Å². The molecule has 1 aliphatic heterocycles. The van der Waals surface area contributed by atoms with Gasteiger partial charge in [0.05, 0.1) is 11.8 Å². The predicted molar refractivity (Wildman–Crippen MR) is 114 cm³/mol. The molecular weight excluding hydrogens is 404 g/mol. The number of ether oxygens (including phenoxy) is 1. The van der Waals surface area contributed by atoms with Crippen LogP contribution in [0, 0.1) is 13.8 Å². The number of rotatable bonds is 8. The highest BCUT2D eigenvalue weighted by Gasteiger charge is 2.33. The maximum absolute atomic E-state index is 13.0. The van der Waals surface area contributed by atoms with Gasteiger partial charge in [-0.25, -0.2) is 17.8 Å². The van der Waals surface area contributed by atoms with Gasteiger partial charge in [0, 0.05) is 13.1 Å². The first-order valence-corrected chi connectivity index (χ1v) is 11.6. The molecule has 1 N–H and O–H groups in total. The van der Waals surface area contributed by atoms with E-state index >= 15 is 0 Å². The lowest BCUT2D eigenvalue weighted by molar-refractivity contribution is -0.159. The van der Waals surface area contributed by atoms with Gasteiger partial charge in [0.2, 0.25) is 16.4 Å². The van der Waals surface area contributed by atoms with Crippen LogP contribution in [0.3, 0.4) is 0 Å². The summed E-state index contributed by atoms with van der Waals surface area (Å²) < 4.78 is 33.5. The number of amides is 1. The summed E-state index contributed by atoms with van der Waals surface area (Å²) in [6, 6.07) is 13.7. The molecule has 2 aromatic carbocycles. The molecule has 1 fully saturated rings. The molecule has 0 spiro atoms. The molecule has 1 amide bonds. The van der Waals surface area contributed by atoms with Gasteiger partial charge in [-0.15, -0.1) is 0 Å². The Labute approximate surface area is 177 Å². The maximum atomic E-state index is 13.0. The predicted octanol–water partition coefficient (Wildman–Crippen LogP) is 3.07. The third kappa shape index (κ3) is 5.38. The van der Waals surface area contributed by atoms with Gasteiger partial charge < -0.3 is 4.74 Å². The highest BCUT2D eigenvalue weighted by Crippen LogP contribution is 2.26. The number of piperidine rings is 1. The monoisotopic (exact) mass is 432 g/mol. The number of hydrogen-bond acceptors (Lipinski definition) is 5. The number of carbonyl (C=O) groups is 1. The second kappa shape index (κ2) is 9.59. The Kier molecular flexibility index (Phi) is 7.12. The Morgan fingerprint density at radius 2 is 1.83 bits per heavy atom. The summed E-state index contributed by atoms with van der Waals surface area (Å²) in [5, 5.41) is 10.4. The normalized spacial score (nSPS) is 16.8. The summed E-state index contributed by atoms with van der Waals surface area (Å²) >= 11 is 0. The summed E-state index contributed by atoms with van der Waals surface area (Å²) in [6.07, 6.45) is 1.35. The van der Waals surface area contributed by atoms with Crippen LogP contribution in [-0.4, -0.2) is 54.3 Å². The fourth-order valence-electron chi connectivity index (χ4n) is 3.72. The van der Waals surface area contributed by atoms with E-state index in [1.54, 1.807) is 30.3 Å². The third-order valence-corrected chi connectivity index (χ3v) is 7.29. The molecule has 1 aliphatic rings. The minimum absolute atomic E-state index is 0.0490. The molecule has 0 aromatic heterocycles. The van der Waals surface area contributed by atoms with Gasteiger partial charge in [-0.3, -0.25) is 10.0 Å². The molecule has 1 saturated heterocycles. The van der Waals surface area contributed by atoms with Gasteiger partial charge in [-0.1, -0.05) is 48.0 Å². The fraction of sp³-hybridized carbons (Fsp3) is 0.409. The molecule has 8 heteroatoms. The average Bonchev–Trinajstić information content (AvgIpc) is 2.74. The quantitative estimate of drug-likeness (QED) is 0.394. The minimum atomic E-state index is -3.68. The minimum Gasteiger partial charge on any atom is -0.490 e. The Morgan fingerprint density at radius 3 is 2.43 bits per heavy atom. The van der Waals surface area contributed by atoms with Crippen LogP contribution in [0.5, 0.6) is 5.75 Å². The zero-order chi connectivity index (χ0) is 21.7. The molecule has 0 radical (unpaired) electrons. The van der Waals surface area contributed by atoms with Gasteiger partial charge in [0.15, 0.2) is 0 Å². The summed E-state index contributed by atoms with van der Waals surface area (Å²) in [7, 11) is -3.68. The molecule has 0 bridgehead atoms. The van der Waals surface area contributed by atoms with E-state index < -0.39 is 16.1 Å². The van der Waals surface area contributed by atoms with Crippen molar-refractivity contribution in [2.75, 3.05) is 18.8 Å². The number of hydroxylamine groups is 2. The molecule has 1 unspecified atom stereocenters. The van der Waals surface area contributed by atoms with Crippen LogP contribution in [0.4, 0.5) is 0 Å². The van der Waals surface area contributed by atoms with Crippen molar-refractivity contribution in [1.82, 2.24) is 9.37 Å². The number of carbonyl (C=O) groups excluding carboxylic acids is 1. The zero-order valence-electron chi connectivity index (χ0n) is 17.3. The van der Waals surface area contributed by atoms with E-state index in [-0.39, 0.29) is 18.3 Å². The topological polar surface area (TPSA) is 87.2 Å². The smallest absolute Gasteiger partial charge is 0.233 e. The number of benzene rings is 2. The first kappa shape index (κ1) is 22.3. The molecule has 2 aromatic rings. The van der Waals surface area contributed by atoms with E-state index in [4.69, 9.17) is 4.74 Å². The van der Waals surface area contributed by atoms with E-state index in [1.165, 1.54) is 9.87 Å². The second-order valence-corrected chi connectivity index (χ2v) is 9.69. The van der Waals surface area contributed by atoms with Crippen LogP contribution in [0.1, 0.15) is 35.6 Å². The first-order chi connectivity index (χ1) is 14.3. The largest absolute Gasteiger partial charge is 0.490 e. The fourth-order valence-corrected chi connectivity index (χ4v) is 5.44. The molecule has 3 rings (SSSR count). The molecule has 30 heavy (non-hydrogen) atoms. The van der Waals surface area contributed by atoms with Gasteiger partial charge in [-0.2, -0.15) is 0 Å². The SMILES string of the molecule is Cc1ccc(OC2CCN(S(=O)(=O)CC(c3ccccc3)N(O)C=O)CC2)c(C)c1. The number of sulfonamides is 1. The van der Waals surface area contributed by atoms with Crippen molar-refractivity contribution >= 4 is 16.4 Å². The van der Waals surface area contributed by atoms with Gasteiger partial charge in [0.25, 0.3) is 0 Å². The molecule has 1 heterocycles. The van der Waals surface area contributed by atoms with Crippen LogP contribution >= 0.6 is 0 Å². The van der Waals surface area contributed by atoms with Gasteiger partial charge in [-0.05, 0) is 43.9 Å². The standard InChI is InChI=1S/C22H28N2O5S/c1-17-8-9-22(18(2)14-17)29-20-10-12-23(13-11-20)30(27,28)15-21(24(26)16-25)19-6-4-3-5-7-19/h3-9,14,16,20-21,26H,10-13,15H2,1-2H3. The van der Waals surface area contributed by atoms with Crippen LogP contribution in [-0.2, 0) is 14.8 Å². The molecular formula is C22H28N2O5S. The van der Waals surface area contributed by atoms with Gasteiger partial charge >= 0.3 is 0 Å². The van der Waals surface area contributed by atoms with E-state index in [9.17, 15) is 18.4 Å². The summed E-state index contributed by atoms with van der Waals surface area (Å²) in [5.74, 6) is 0.447. The Morgan fingerprint density at radius 1 is 1.17 bits per heavy atom. The molecule has 0 aliphatic carbocycles. The Hall–Kier alpha value is -2.42. The van der Waals surface area contributed by atoms with Gasteiger partial charge in [0.1, 0.15) is 11.9 Å². The van der Waals surface area contributed by atoms with Crippen molar-refractivity contribution in [3.63, 3.8) is 0 Å². The second-order valence-electron chi connectivity index (χ2n) is 7.68. The highest BCUT2D eigenvalue weighted by molar-refractivity contribution is 7.89. The maximum Gasteiger partial charge on any atom is 0.233 e. The highest BCUT2D eigenvalue weighted by atomic mass is 32.2. The number of aryl methyl sites for hydroxylation is 2. The number of hydrogen-bond donors (Lipinski definition) is 1. The van der Waals surface area contributed by atoms with Crippen molar-refractivity contribution < 1.29 is 23.2 Å². The first-order valence-electron chi connectivity index (χ1n) is 9.99. The zero-order valence-corrected chi connectivity index (χ0v) is 18.1. The lowest BCUT2D eigenvalue weighted by Gasteiger charge is -2.33. The van der Waals surface area contributed by atoms with E-state index in [2.05, 4.69) is 6.07 Å². The molecule has 7 nitrogen and oxygen atoms in total. The van der Waals surface area contributed by atoms with E-state index in [0.29, 0.717) is 36.6 Å². The lowest BCUT2D eigenvalue weighted by atomic mass is 10.1. The molecule has 162 valence electrons. The summed E-state index contributed by atoms with van der Waals surface area (Å²) in [6.45, 7) is 4.71. The summed E-state index contributed by atoms with van der Waals surface area (Å²) in [4.78, 5) is 11.1. The van der Waals surface area contributed by atoms with Crippen LogP contribution in [0.2, 0.25) is 0 Å². The van der Waals surface area contributed by atoms with Crippen molar-refractivity contribution in [3.8, 4) is 5.75 Å². The molecule has 1 atom stereocenters. The summed E-state index contributed by atoms with van der Waals surface area (Å²) in [5.41, 5.74) is 2.79. The Balaban J connectivity index is 1.64. The van der Waals surface area contributed by atoms with Crippen LogP contribution in [0.25, 0.3) is 0 Å². The third-order valence-electron chi connectivity index (χ3n) is 5.40. The average molecular weight is 433 g/mol. The van der Waals surface area contributed by atoms with Crippen molar-refractivity contribution in [3.05, 3.63) is 65.2 Å². The van der Waals surface area contributed by atoms with Crippen LogP contribution in [0.15, 0.2) is 48.5 Å².